The maximum atomic E-state index is 6.05. The van der Waals surface area contributed by atoms with E-state index in [2.05, 4.69) is 29.6 Å². The normalized spacial score (nSPS) is 22.8. The van der Waals surface area contributed by atoms with Crippen molar-refractivity contribution in [2.75, 3.05) is 19.7 Å². The summed E-state index contributed by atoms with van der Waals surface area (Å²) in [6, 6.07) is 8.75. The van der Waals surface area contributed by atoms with Gasteiger partial charge in [-0.25, -0.2) is 0 Å². The van der Waals surface area contributed by atoms with Gasteiger partial charge in [0.2, 0.25) is 0 Å². The lowest BCUT2D eigenvalue weighted by atomic mass is 9.89. The monoisotopic (exact) mass is 245 g/mol. The SMILES string of the molecule is c1ccc2c(c1)CCCC2OCCNCC1CC1. The molecule has 1 fully saturated rings. The van der Waals surface area contributed by atoms with Crippen LogP contribution in [0.15, 0.2) is 24.3 Å². The molecule has 0 saturated heterocycles. The second kappa shape index (κ2) is 5.85. The first-order valence-corrected chi connectivity index (χ1v) is 7.33. The number of hydrogen-bond acceptors (Lipinski definition) is 2. The number of benzene rings is 1. The van der Waals surface area contributed by atoms with Crippen molar-refractivity contribution in [1.82, 2.24) is 5.32 Å². The number of nitrogens with one attached hydrogen (secondary N) is 1. The molecule has 2 aliphatic carbocycles. The minimum absolute atomic E-state index is 0.331. The molecule has 1 atom stereocenters. The van der Waals surface area contributed by atoms with Gasteiger partial charge in [0.1, 0.15) is 0 Å². The molecule has 1 unspecified atom stereocenters. The lowest BCUT2D eigenvalue weighted by molar-refractivity contribution is 0.0426. The minimum atomic E-state index is 0.331. The molecule has 1 aromatic rings. The third-order valence-corrected chi connectivity index (χ3v) is 4.04. The summed E-state index contributed by atoms with van der Waals surface area (Å²) in [5.74, 6) is 0.959. The summed E-state index contributed by atoms with van der Waals surface area (Å²) in [7, 11) is 0. The van der Waals surface area contributed by atoms with Crippen LogP contribution in [0.5, 0.6) is 0 Å². The standard InChI is InChI=1S/C16H23NO/c1-2-6-15-14(4-1)5-3-7-16(15)18-11-10-17-12-13-8-9-13/h1-2,4,6,13,16-17H,3,5,7-12H2. The van der Waals surface area contributed by atoms with Crippen LogP contribution in [0, 0.1) is 5.92 Å². The van der Waals surface area contributed by atoms with E-state index in [0.717, 1.165) is 19.1 Å². The molecule has 0 heterocycles. The summed E-state index contributed by atoms with van der Waals surface area (Å²) in [6.45, 7) is 3.02. The predicted octanol–water partition coefficient (Wildman–Crippen LogP) is 3.08. The Morgan fingerprint density at radius 3 is 2.94 bits per heavy atom. The van der Waals surface area contributed by atoms with E-state index in [4.69, 9.17) is 4.74 Å². The van der Waals surface area contributed by atoms with Gasteiger partial charge in [0, 0.05) is 6.54 Å². The van der Waals surface area contributed by atoms with Crippen molar-refractivity contribution in [3.63, 3.8) is 0 Å². The second-order valence-corrected chi connectivity index (χ2v) is 5.60. The lowest BCUT2D eigenvalue weighted by Gasteiger charge is -2.25. The zero-order valence-corrected chi connectivity index (χ0v) is 11.0. The Labute approximate surface area is 110 Å². The number of ether oxygens (including phenoxy) is 1. The van der Waals surface area contributed by atoms with Gasteiger partial charge < -0.3 is 10.1 Å². The van der Waals surface area contributed by atoms with E-state index in [-0.39, 0.29) is 0 Å². The maximum absolute atomic E-state index is 6.05. The largest absolute Gasteiger partial charge is 0.372 e. The van der Waals surface area contributed by atoms with Crippen molar-refractivity contribution < 1.29 is 4.74 Å². The van der Waals surface area contributed by atoms with E-state index in [9.17, 15) is 0 Å². The molecule has 1 aromatic carbocycles. The highest BCUT2D eigenvalue weighted by molar-refractivity contribution is 5.31. The molecule has 0 spiro atoms. The van der Waals surface area contributed by atoms with Crippen LogP contribution >= 0.6 is 0 Å². The third kappa shape index (κ3) is 3.12. The molecule has 0 radical (unpaired) electrons. The van der Waals surface area contributed by atoms with Crippen LogP contribution in [0.1, 0.15) is 42.9 Å². The Bertz CT molecular complexity index is 386. The summed E-state index contributed by atoms with van der Waals surface area (Å²) >= 11 is 0. The summed E-state index contributed by atoms with van der Waals surface area (Å²) in [4.78, 5) is 0. The molecule has 3 rings (SSSR count). The van der Waals surface area contributed by atoms with Gasteiger partial charge in [-0.2, -0.15) is 0 Å². The van der Waals surface area contributed by atoms with E-state index < -0.39 is 0 Å². The first kappa shape index (κ1) is 12.2. The Balaban J connectivity index is 1.44. The van der Waals surface area contributed by atoms with Crippen molar-refractivity contribution in [1.29, 1.82) is 0 Å². The van der Waals surface area contributed by atoms with Gasteiger partial charge in [-0.15, -0.1) is 0 Å². The van der Waals surface area contributed by atoms with Gasteiger partial charge >= 0.3 is 0 Å². The summed E-state index contributed by atoms with van der Waals surface area (Å²) in [5, 5.41) is 3.49. The fraction of sp³-hybridized carbons (Fsp3) is 0.625. The van der Waals surface area contributed by atoms with Crippen LogP contribution in [0.4, 0.5) is 0 Å². The Hall–Kier alpha value is -0.860. The van der Waals surface area contributed by atoms with Gasteiger partial charge in [-0.3, -0.25) is 0 Å². The van der Waals surface area contributed by atoms with Crippen molar-refractivity contribution in [2.24, 2.45) is 5.92 Å². The average Bonchev–Trinajstić information content (AvgIpc) is 3.23. The maximum Gasteiger partial charge on any atom is 0.0828 e. The topological polar surface area (TPSA) is 21.3 Å². The van der Waals surface area contributed by atoms with Gasteiger partial charge in [-0.1, -0.05) is 24.3 Å². The molecule has 2 nitrogen and oxygen atoms in total. The van der Waals surface area contributed by atoms with Crippen LogP contribution in [-0.2, 0) is 11.2 Å². The first-order valence-electron chi connectivity index (χ1n) is 7.33. The highest BCUT2D eigenvalue weighted by Crippen LogP contribution is 2.32. The molecule has 18 heavy (non-hydrogen) atoms. The molecule has 2 heteroatoms. The fourth-order valence-corrected chi connectivity index (χ4v) is 2.78. The van der Waals surface area contributed by atoms with Crippen LogP contribution in [0.2, 0.25) is 0 Å². The predicted molar refractivity (Wildman–Crippen MR) is 73.7 cm³/mol. The van der Waals surface area contributed by atoms with Gasteiger partial charge in [0.15, 0.2) is 0 Å². The molecule has 0 amide bonds. The Morgan fingerprint density at radius 2 is 2.06 bits per heavy atom. The summed E-state index contributed by atoms with van der Waals surface area (Å²) in [5.41, 5.74) is 2.91. The van der Waals surface area contributed by atoms with Gasteiger partial charge in [-0.05, 0) is 55.7 Å². The van der Waals surface area contributed by atoms with Crippen molar-refractivity contribution in [2.45, 2.75) is 38.2 Å². The quantitative estimate of drug-likeness (QED) is 0.778. The number of fused-ring (bicyclic) bond motifs is 1. The minimum Gasteiger partial charge on any atom is -0.372 e. The molecular weight excluding hydrogens is 222 g/mol. The highest BCUT2D eigenvalue weighted by Gasteiger charge is 2.21. The van der Waals surface area contributed by atoms with E-state index in [1.165, 1.54) is 49.8 Å². The zero-order chi connectivity index (χ0) is 12.2. The Morgan fingerprint density at radius 1 is 1.17 bits per heavy atom. The average molecular weight is 245 g/mol. The smallest absolute Gasteiger partial charge is 0.0828 e. The third-order valence-electron chi connectivity index (χ3n) is 4.04. The van der Waals surface area contributed by atoms with E-state index in [0.29, 0.717) is 6.10 Å². The number of aryl methyl sites for hydroxylation is 1. The fourth-order valence-electron chi connectivity index (χ4n) is 2.78. The van der Waals surface area contributed by atoms with Crippen LogP contribution in [0.3, 0.4) is 0 Å². The number of hydrogen-bond donors (Lipinski definition) is 1. The molecular formula is C16H23NO. The zero-order valence-electron chi connectivity index (χ0n) is 11.0. The first-order chi connectivity index (χ1) is 8.93. The molecule has 2 aliphatic rings. The van der Waals surface area contributed by atoms with Crippen molar-refractivity contribution in [3.8, 4) is 0 Å². The molecule has 0 aliphatic heterocycles. The van der Waals surface area contributed by atoms with Gasteiger partial charge in [0.05, 0.1) is 12.7 Å². The Kier molecular flexibility index (Phi) is 3.96. The molecule has 0 aromatic heterocycles. The van der Waals surface area contributed by atoms with Crippen molar-refractivity contribution >= 4 is 0 Å². The van der Waals surface area contributed by atoms with Gasteiger partial charge in [0.25, 0.3) is 0 Å². The van der Waals surface area contributed by atoms with Crippen LogP contribution in [-0.4, -0.2) is 19.7 Å². The summed E-state index contributed by atoms with van der Waals surface area (Å²) < 4.78 is 6.05. The number of rotatable bonds is 6. The molecule has 1 saturated carbocycles. The molecule has 98 valence electrons. The van der Waals surface area contributed by atoms with E-state index in [1.54, 1.807) is 0 Å². The lowest BCUT2D eigenvalue weighted by Crippen LogP contribution is -2.23. The van der Waals surface area contributed by atoms with Crippen molar-refractivity contribution in [3.05, 3.63) is 35.4 Å². The van der Waals surface area contributed by atoms with E-state index >= 15 is 0 Å². The summed E-state index contributed by atoms with van der Waals surface area (Å²) in [6.07, 6.45) is 6.83. The molecule has 0 bridgehead atoms. The molecule has 1 N–H and O–H groups in total. The highest BCUT2D eigenvalue weighted by atomic mass is 16.5. The van der Waals surface area contributed by atoms with Crippen LogP contribution < -0.4 is 5.32 Å². The van der Waals surface area contributed by atoms with Crippen LogP contribution in [0.25, 0.3) is 0 Å². The van der Waals surface area contributed by atoms with E-state index in [1.807, 2.05) is 0 Å². The second-order valence-electron chi connectivity index (χ2n) is 5.60.